The minimum absolute atomic E-state index is 0.0729. The Labute approximate surface area is 150 Å². The quantitative estimate of drug-likeness (QED) is 0.735. The first-order valence-corrected chi connectivity index (χ1v) is 8.83. The van der Waals surface area contributed by atoms with E-state index in [0.29, 0.717) is 0 Å². The van der Waals surface area contributed by atoms with Crippen molar-refractivity contribution >= 4 is 17.2 Å². The third kappa shape index (κ3) is 4.22. The Bertz CT molecular complexity index is 849. The molecule has 0 fully saturated rings. The summed E-state index contributed by atoms with van der Waals surface area (Å²) < 4.78 is 5.35. The van der Waals surface area contributed by atoms with E-state index in [4.69, 9.17) is 4.74 Å². The molecule has 3 aromatic rings. The molecule has 3 rings (SSSR count). The summed E-state index contributed by atoms with van der Waals surface area (Å²) in [4.78, 5) is 21.1. The maximum absolute atomic E-state index is 12.3. The van der Waals surface area contributed by atoms with E-state index >= 15 is 0 Å². The molecule has 128 valence electrons. The summed E-state index contributed by atoms with van der Waals surface area (Å²) in [7, 11) is 1.63. The third-order valence-corrected chi connectivity index (χ3v) is 4.67. The Hall–Kier alpha value is -2.73. The van der Waals surface area contributed by atoms with Gasteiger partial charge in [-0.3, -0.25) is 9.78 Å². The van der Waals surface area contributed by atoms with Gasteiger partial charge >= 0.3 is 0 Å². The summed E-state index contributed by atoms with van der Waals surface area (Å²) in [6, 6.07) is 13.2. The Kier molecular flexibility index (Phi) is 5.40. The number of amides is 1. The van der Waals surface area contributed by atoms with Gasteiger partial charge in [-0.05, 0) is 25.1 Å². The number of carbonyl (C=O) groups excluding carboxylic acids is 1. The normalized spacial score (nSPS) is 11.8. The summed E-state index contributed by atoms with van der Waals surface area (Å²) in [6.45, 7) is 1.94. The number of nitrogens with zero attached hydrogens (tertiary/aromatic N) is 2. The van der Waals surface area contributed by atoms with Crippen molar-refractivity contribution < 1.29 is 9.53 Å². The zero-order chi connectivity index (χ0) is 17.6. The number of ether oxygens (including phenoxy) is 1. The van der Waals surface area contributed by atoms with Crippen LogP contribution in [0, 0.1) is 0 Å². The van der Waals surface area contributed by atoms with Crippen molar-refractivity contribution in [3.63, 3.8) is 0 Å². The van der Waals surface area contributed by atoms with Crippen molar-refractivity contribution in [2.24, 2.45) is 0 Å². The lowest BCUT2D eigenvalue weighted by Gasteiger charge is -2.16. The van der Waals surface area contributed by atoms with Gasteiger partial charge in [0.15, 0.2) is 0 Å². The number of aromatic nitrogens is 2. The fourth-order valence-corrected chi connectivity index (χ4v) is 3.35. The minimum atomic E-state index is -0.141. The van der Waals surface area contributed by atoms with Crippen LogP contribution in [-0.2, 0) is 11.2 Å². The van der Waals surface area contributed by atoms with Crippen molar-refractivity contribution in [2.45, 2.75) is 19.4 Å². The van der Waals surface area contributed by atoms with Gasteiger partial charge < -0.3 is 10.1 Å². The molecule has 6 heteroatoms. The predicted octanol–water partition coefficient (Wildman–Crippen LogP) is 3.63. The third-order valence-electron chi connectivity index (χ3n) is 3.76. The summed E-state index contributed by atoms with van der Waals surface area (Å²) in [5.41, 5.74) is 2.52. The SMILES string of the molecule is COc1ccccc1C(C)NC(=O)Cc1csc(-c2ccccn2)n1. The van der Waals surface area contributed by atoms with Crippen LogP contribution in [0.3, 0.4) is 0 Å². The monoisotopic (exact) mass is 353 g/mol. The average Bonchev–Trinajstić information content (AvgIpc) is 3.10. The Morgan fingerprint density at radius 2 is 2.04 bits per heavy atom. The van der Waals surface area contributed by atoms with Crippen LogP contribution < -0.4 is 10.1 Å². The molecule has 1 aromatic carbocycles. The summed E-state index contributed by atoms with van der Waals surface area (Å²) in [6.07, 6.45) is 1.97. The molecule has 1 atom stereocenters. The maximum atomic E-state index is 12.3. The first-order chi connectivity index (χ1) is 12.2. The molecular formula is C19H19N3O2S. The van der Waals surface area contributed by atoms with Crippen molar-refractivity contribution in [1.82, 2.24) is 15.3 Å². The summed E-state index contributed by atoms with van der Waals surface area (Å²) >= 11 is 1.49. The highest BCUT2D eigenvalue weighted by Crippen LogP contribution is 2.25. The van der Waals surface area contributed by atoms with Gasteiger partial charge in [-0.25, -0.2) is 4.98 Å². The number of hydrogen-bond donors (Lipinski definition) is 1. The van der Waals surface area contributed by atoms with Gasteiger partial charge in [-0.2, -0.15) is 0 Å². The van der Waals surface area contributed by atoms with E-state index in [2.05, 4.69) is 15.3 Å². The van der Waals surface area contributed by atoms with E-state index in [9.17, 15) is 4.79 Å². The molecule has 0 aliphatic rings. The highest BCUT2D eigenvalue weighted by atomic mass is 32.1. The fourth-order valence-electron chi connectivity index (χ4n) is 2.55. The highest BCUT2D eigenvalue weighted by molar-refractivity contribution is 7.13. The molecule has 0 radical (unpaired) electrons. The molecule has 0 saturated heterocycles. The molecule has 0 bridgehead atoms. The number of nitrogens with one attached hydrogen (secondary N) is 1. The van der Waals surface area contributed by atoms with Crippen molar-refractivity contribution in [1.29, 1.82) is 0 Å². The summed E-state index contributed by atoms with van der Waals surface area (Å²) in [5.74, 6) is 0.692. The zero-order valence-corrected chi connectivity index (χ0v) is 14.9. The van der Waals surface area contributed by atoms with Crippen LogP contribution in [0.5, 0.6) is 5.75 Å². The number of benzene rings is 1. The number of rotatable bonds is 6. The van der Waals surface area contributed by atoms with Crippen molar-refractivity contribution in [2.75, 3.05) is 7.11 Å². The fraction of sp³-hybridized carbons (Fsp3) is 0.211. The predicted molar refractivity (Wildman–Crippen MR) is 98.6 cm³/mol. The molecule has 0 aliphatic carbocycles. The molecule has 1 amide bonds. The van der Waals surface area contributed by atoms with E-state index in [0.717, 1.165) is 27.7 Å². The van der Waals surface area contributed by atoms with Crippen LogP contribution >= 0.6 is 11.3 Å². The van der Waals surface area contributed by atoms with Crippen LogP contribution in [0.1, 0.15) is 24.2 Å². The van der Waals surface area contributed by atoms with Crippen LogP contribution in [-0.4, -0.2) is 23.0 Å². The number of pyridine rings is 1. The van der Waals surface area contributed by atoms with Crippen LogP contribution in [0.2, 0.25) is 0 Å². The van der Waals surface area contributed by atoms with Gasteiger partial charge in [0.2, 0.25) is 5.91 Å². The topological polar surface area (TPSA) is 64.1 Å². The first-order valence-electron chi connectivity index (χ1n) is 7.95. The lowest BCUT2D eigenvalue weighted by atomic mass is 10.1. The van der Waals surface area contributed by atoms with Crippen LogP contribution in [0.25, 0.3) is 10.7 Å². The first kappa shape index (κ1) is 17.1. The van der Waals surface area contributed by atoms with Crippen molar-refractivity contribution in [3.8, 4) is 16.5 Å². The van der Waals surface area contributed by atoms with Gasteiger partial charge in [0, 0.05) is 17.1 Å². The Morgan fingerprint density at radius 1 is 1.24 bits per heavy atom. The number of hydrogen-bond acceptors (Lipinski definition) is 5. The Balaban J connectivity index is 1.64. The lowest BCUT2D eigenvalue weighted by Crippen LogP contribution is -2.28. The van der Waals surface area contributed by atoms with Crippen LogP contribution in [0.15, 0.2) is 54.0 Å². The van der Waals surface area contributed by atoms with Gasteiger partial charge in [0.25, 0.3) is 0 Å². The molecule has 2 heterocycles. The Morgan fingerprint density at radius 3 is 2.80 bits per heavy atom. The molecule has 0 saturated carbocycles. The second-order valence-corrected chi connectivity index (χ2v) is 6.43. The zero-order valence-electron chi connectivity index (χ0n) is 14.1. The smallest absolute Gasteiger partial charge is 0.226 e. The van der Waals surface area contributed by atoms with E-state index in [1.807, 2.05) is 54.8 Å². The van der Waals surface area contributed by atoms with Gasteiger partial charge in [-0.1, -0.05) is 24.3 Å². The number of thiazole rings is 1. The molecule has 25 heavy (non-hydrogen) atoms. The molecule has 0 spiro atoms. The van der Waals surface area contributed by atoms with Crippen LogP contribution in [0.4, 0.5) is 0 Å². The standard InChI is InChI=1S/C19H19N3O2S/c1-13(15-7-3-4-9-17(15)24-2)21-18(23)11-14-12-25-19(22-14)16-8-5-6-10-20-16/h3-10,12-13H,11H2,1-2H3,(H,21,23). The van der Waals surface area contributed by atoms with Gasteiger partial charge in [0.05, 0.1) is 31.0 Å². The summed E-state index contributed by atoms with van der Waals surface area (Å²) in [5, 5.41) is 5.72. The largest absolute Gasteiger partial charge is 0.496 e. The number of carbonyl (C=O) groups is 1. The lowest BCUT2D eigenvalue weighted by molar-refractivity contribution is -0.121. The number of para-hydroxylation sites is 1. The van der Waals surface area contributed by atoms with E-state index in [1.54, 1.807) is 13.3 Å². The minimum Gasteiger partial charge on any atom is -0.496 e. The van der Waals surface area contributed by atoms with Gasteiger partial charge in [-0.15, -0.1) is 11.3 Å². The van der Waals surface area contributed by atoms with E-state index < -0.39 is 0 Å². The molecule has 1 unspecified atom stereocenters. The number of methoxy groups -OCH3 is 1. The highest BCUT2D eigenvalue weighted by Gasteiger charge is 2.15. The van der Waals surface area contributed by atoms with E-state index in [-0.39, 0.29) is 18.4 Å². The molecule has 2 aromatic heterocycles. The molecule has 0 aliphatic heterocycles. The molecular weight excluding hydrogens is 334 g/mol. The average molecular weight is 353 g/mol. The van der Waals surface area contributed by atoms with Crippen molar-refractivity contribution in [3.05, 3.63) is 65.3 Å². The molecule has 1 N–H and O–H groups in total. The van der Waals surface area contributed by atoms with E-state index in [1.165, 1.54) is 11.3 Å². The van der Waals surface area contributed by atoms with Gasteiger partial charge in [0.1, 0.15) is 10.8 Å². The second kappa shape index (κ2) is 7.90. The maximum Gasteiger partial charge on any atom is 0.226 e. The molecule has 5 nitrogen and oxygen atoms in total. The second-order valence-electron chi connectivity index (χ2n) is 5.57.